The van der Waals surface area contributed by atoms with Crippen molar-refractivity contribution in [2.75, 3.05) is 6.61 Å². The van der Waals surface area contributed by atoms with Gasteiger partial charge in [-0.15, -0.1) is 0 Å². The number of hydrogen-bond donors (Lipinski definition) is 2. The van der Waals surface area contributed by atoms with Gasteiger partial charge in [-0.1, -0.05) is 49.8 Å². The highest BCUT2D eigenvalue weighted by molar-refractivity contribution is 5.73. The van der Waals surface area contributed by atoms with Gasteiger partial charge in [0.15, 0.2) is 0 Å². The largest absolute Gasteiger partial charge is 0.481 e. The molecule has 132 valence electrons. The van der Waals surface area contributed by atoms with Gasteiger partial charge >= 0.3 is 11.9 Å². The van der Waals surface area contributed by atoms with Crippen LogP contribution in [0.1, 0.15) is 49.8 Å². The van der Waals surface area contributed by atoms with Gasteiger partial charge in [-0.2, -0.15) is 0 Å². The number of aryl methyl sites for hydroxylation is 1. The molecule has 1 aromatic rings. The maximum Gasteiger partial charge on any atom is 0.310 e. The van der Waals surface area contributed by atoms with Crippen molar-refractivity contribution in [3.63, 3.8) is 0 Å². The molecule has 0 radical (unpaired) electrons. The van der Waals surface area contributed by atoms with E-state index in [1.807, 2.05) is 32.0 Å². The number of ether oxygens (including phenoxy) is 1. The van der Waals surface area contributed by atoms with Gasteiger partial charge in [0.2, 0.25) is 0 Å². The SMILES string of the molecule is CCC(=O)O[C@H]([C@@H](C)C(=O)O)[C@@H](C)c1ccc(C)cc1/C=C/CO. The fraction of sp³-hybridized carbons (Fsp3) is 0.474. The second-order valence-corrected chi connectivity index (χ2v) is 5.94. The molecule has 0 spiro atoms. The van der Waals surface area contributed by atoms with Gasteiger partial charge in [-0.25, -0.2) is 0 Å². The van der Waals surface area contributed by atoms with Crippen LogP contribution in [-0.2, 0) is 14.3 Å². The first-order valence-corrected chi connectivity index (χ1v) is 8.12. The molecule has 1 aromatic carbocycles. The molecule has 3 atom stereocenters. The van der Waals surface area contributed by atoms with E-state index in [9.17, 15) is 14.7 Å². The Labute approximate surface area is 143 Å². The topological polar surface area (TPSA) is 83.8 Å². The van der Waals surface area contributed by atoms with Gasteiger partial charge in [0.25, 0.3) is 0 Å². The Morgan fingerprint density at radius 2 is 1.96 bits per heavy atom. The number of hydrogen-bond acceptors (Lipinski definition) is 4. The van der Waals surface area contributed by atoms with E-state index < -0.39 is 24.0 Å². The molecule has 0 fully saturated rings. The van der Waals surface area contributed by atoms with Gasteiger partial charge in [0.1, 0.15) is 6.10 Å². The first-order chi connectivity index (χ1) is 11.3. The average Bonchev–Trinajstić information content (AvgIpc) is 2.56. The number of carboxylic acids is 1. The summed E-state index contributed by atoms with van der Waals surface area (Å²) in [6.07, 6.45) is 2.85. The highest BCUT2D eigenvalue weighted by atomic mass is 16.5. The first-order valence-electron chi connectivity index (χ1n) is 8.12. The van der Waals surface area contributed by atoms with Crippen molar-refractivity contribution in [1.29, 1.82) is 0 Å². The Bertz CT molecular complexity index is 606. The van der Waals surface area contributed by atoms with E-state index in [2.05, 4.69) is 0 Å². The smallest absolute Gasteiger partial charge is 0.310 e. The Hall–Kier alpha value is -2.14. The Balaban J connectivity index is 3.26. The standard InChI is InChI=1S/C19H26O5/c1-5-17(21)24-18(14(4)19(22)23)13(3)16-9-8-12(2)11-15(16)7-6-10-20/h6-9,11,13-14,18,20H,5,10H2,1-4H3,(H,22,23)/b7-6+/t13-,14+,18-/m0/s1. The molecule has 0 aliphatic rings. The van der Waals surface area contributed by atoms with E-state index in [-0.39, 0.29) is 18.9 Å². The number of aliphatic carboxylic acids is 1. The molecule has 0 aliphatic carbocycles. The summed E-state index contributed by atoms with van der Waals surface area (Å²) in [6, 6.07) is 5.81. The number of aliphatic hydroxyl groups excluding tert-OH is 1. The predicted molar refractivity (Wildman–Crippen MR) is 92.7 cm³/mol. The molecule has 0 aliphatic heterocycles. The quantitative estimate of drug-likeness (QED) is 0.714. The van der Waals surface area contributed by atoms with Crippen molar-refractivity contribution in [3.8, 4) is 0 Å². The summed E-state index contributed by atoms with van der Waals surface area (Å²) < 4.78 is 5.44. The molecule has 0 aromatic heterocycles. The van der Waals surface area contributed by atoms with Crippen LogP contribution < -0.4 is 0 Å². The van der Waals surface area contributed by atoms with Gasteiger partial charge in [-0.3, -0.25) is 9.59 Å². The molecule has 5 nitrogen and oxygen atoms in total. The molecule has 0 amide bonds. The summed E-state index contributed by atoms with van der Waals surface area (Å²) >= 11 is 0. The second-order valence-electron chi connectivity index (χ2n) is 5.94. The Morgan fingerprint density at radius 3 is 2.50 bits per heavy atom. The van der Waals surface area contributed by atoms with Crippen LogP contribution in [0.3, 0.4) is 0 Å². The minimum Gasteiger partial charge on any atom is -0.481 e. The van der Waals surface area contributed by atoms with E-state index in [0.717, 1.165) is 16.7 Å². The molecule has 0 unspecified atom stereocenters. The van der Waals surface area contributed by atoms with E-state index in [4.69, 9.17) is 9.84 Å². The number of aliphatic hydroxyl groups is 1. The van der Waals surface area contributed by atoms with Crippen LogP contribution in [-0.4, -0.2) is 34.9 Å². The Kier molecular flexibility index (Phi) is 7.65. The molecule has 0 saturated heterocycles. The number of carbonyl (C=O) groups excluding carboxylic acids is 1. The zero-order valence-corrected chi connectivity index (χ0v) is 14.7. The van der Waals surface area contributed by atoms with E-state index >= 15 is 0 Å². The summed E-state index contributed by atoms with van der Waals surface area (Å²) in [4.78, 5) is 23.2. The normalized spacial score (nSPS) is 15.0. The van der Waals surface area contributed by atoms with Crippen molar-refractivity contribution in [3.05, 3.63) is 41.0 Å². The van der Waals surface area contributed by atoms with Crippen LogP contribution in [0.2, 0.25) is 0 Å². The van der Waals surface area contributed by atoms with E-state index in [1.165, 1.54) is 0 Å². The van der Waals surface area contributed by atoms with Gasteiger partial charge in [0, 0.05) is 12.3 Å². The molecule has 2 N–H and O–H groups in total. The third kappa shape index (κ3) is 5.20. The maximum atomic E-state index is 11.7. The van der Waals surface area contributed by atoms with Crippen LogP contribution in [0.15, 0.2) is 24.3 Å². The summed E-state index contributed by atoms with van der Waals surface area (Å²) in [6.45, 7) is 6.95. The fourth-order valence-electron chi connectivity index (χ4n) is 2.62. The lowest BCUT2D eigenvalue weighted by Gasteiger charge is -2.28. The van der Waals surface area contributed by atoms with Crippen molar-refractivity contribution >= 4 is 18.0 Å². The van der Waals surface area contributed by atoms with E-state index in [1.54, 1.807) is 26.0 Å². The maximum absolute atomic E-state index is 11.7. The summed E-state index contributed by atoms with van der Waals surface area (Å²) in [5.41, 5.74) is 2.82. The minimum atomic E-state index is -1.00. The molecule has 5 heteroatoms. The molecule has 0 saturated carbocycles. The number of esters is 1. The zero-order chi connectivity index (χ0) is 18.3. The molecule has 0 heterocycles. The predicted octanol–water partition coefficient (Wildman–Crippen LogP) is 3.15. The Morgan fingerprint density at radius 1 is 1.29 bits per heavy atom. The molecular formula is C19H26O5. The molecule has 1 rings (SSSR count). The number of carbonyl (C=O) groups is 2. The first kappa shape index (κ1) is 19.9. The minimum absolute atomic E-state index is 0.0818. The van der Waals surface area contributed by atoms with Crippen molar-refractivity contribution in [2.24, 2.45) is 5.92 Å². The van der Waals surface area contributed by atoms with Crippen molar-refractivity contribution in [2.45, 2.75) is 46.1 Å². The fourth-order valence-corrected chi connectivity index (χ4v) is 2.62. The number of benzene rings is 1. The number of carboxylic acid groups (broad SMARTS) is 1. The molecular weight excluding hydrogens is 308 g/mol. The second kappa shape index (κ2) is 9.23. The molecule has 24 heavy (non-hydrogen) atoms. The summed E-state index contributed by atoms with van der Waals surface area (Å²) in [5.74, 6) is -2.55. The van der Waals surface area contributed by atoms with Gasteiger partial charge in [0.05, 0.1) is 12.5 Å². The summed E-state index contributed by atoms with van der Waals surface area (Å²) in [7, 11) is 0. The highest BCUT2D eigenvalue weighted by Crippen LogP contribution is 2.31. The number of rotatable bonds is 8. The monoisotopic (exact) mass is 334 g/mol. The highest BCUT2D eigenvalue weighted by Gasteiger charge is 2.33. The lowest BCUT2D eigenvalue weighted by atomic mass is 9.84. The van der Waals surface area contributed by atoms with E-state index in [0.29, 0.717) is 0 Å². The lowest BCUT2D eigenvalue weighted by molar-refractivity contribution is -0.159. The zero-order valence-electron chi connectivity index (χ0n) is 14.7. The third-order valence-electron chi connectivity index (χ3n) is 4.07. The average molecular weight is 334 g/mol. The molecule has 0 bridgehead atoms. The van der Waals surface area contributed by atoms with Crippen LogP contribution in [0, 0.1) is 12.8 Å². The van der Waals surface area contributed by atoms with Gasteiger partial charge in [-0.05, 0) is 25.0 Å². The summed E-state index contributed by atoms with van der Waals surface area (Å²) in [5, 5.41) is 18.4. The lowest BCUT2D eigenvalue weighted by Crippen LogP contribution is -2.35. The van der Waals surface area contributed by atoms with Gasteiger partial charge < -0.3 is 14.9 Å². The van der Waals surface area contributed by atoms with Crippen LogP contribution in [0.5, 0.6) is 0 Å². The van der Waals surface area contributed by atoms with Crippen LogP contribution in [0.4, 0.5) is 0 Å². The van der Waals surface area contributed by atoms with Crippen molar-refractivity contribution < 1.29 is 24.5 Å². The van der Waals surface area contributed by atoms with Crippen molar-refractivity contribution in [1.82, 2.24) is 0 Å². The van der Waals surface area contributed by atoms with Crippen LogP contribution >= 0.6 is 0 Å². The van der Waals surface area contributed by atoms with Crippen LogP contribution in [0.25, 0.3) is 6.08 Å². The third-order valence-corrected chi connectivity index (χ3v) is 4.07.